The molecule has 0 atom stereocenters. The van der Waals surface area contributed by atoms with Crippen molar-refractivity contribution in [2.45, 2.75) is 32.9 Å². The third kappa shape index (κ3) is 5.32. The van der Waals surface area contributed by atoms with Gasteiger partial charge in [-0.3, -0.25) is 9.78 Å². The Labute approximate surface area is 194 Å². The van der Waals surface area contributed by atoms with Crippen LogP contribution < -0.4 is 16.6 Å². The monoisotopic (exact) mass is 445 g/mol. The Kier molecular flexibility index (Phi) is 6.91. The van der Waals surface area contributed by atoms with Crippen molar-refractivity contribution in [3.05, 3.63) is 88.2 Å². The van der Waals surface area contributed by atoms with Crippen molar-refractivity contribution in [3.8, 4) is 0 Å². The van der Waals surface area contributed by atoms with Crippen LogP contribution in [0, 0.1) is 6.92 Å². The van der Waals surface area contributed by atoms with Gasteiger partial charge < -0.3 is 20.4 Å². The van der Waals surface area contributed by atoms with Gasteiger partial charge in [0, 0.05) is 44.7 Å². The molecule has 172 valence electrons. The number of carbonyl (C=O) groups excluding carboxylic acids is 1. The first-order valence-electron chi connectivity index (χ1n) is 11.2. The van der Waals surface area contributed by atoms with E-state index in [1.165, 1.54) is 0 Å². The number of anilines is 2. The smallest absolute Gasteiger partial charge is 0.253 e. The maximum atomic E-state index is 12.9. The molecule has 2 aromatic carbocycles. The molecule has 4 aliphatic rings. The van der Waals surface area contributed by atoms with Crippen LogP contribution in [-0.2, 0) is 24.3 Å². The van der Waals surface area contributed by atoms with E-state index in [1.54, 1.807) is 16.1 Å². The second-order valence-electron chi connectivity index (χ2n) is 8.62. The molecule has 0 spiro atoms. The number of pyridine rings is 1. The van der Waals surface area contributed by atoms with E-state index >= 15 is 0 Å². The summed E-state index contributed by atoms with van der Waals surface area (Å²) in [6.07, 6.45) is 5.14. The zero-order valence-corrected chi connectivity index (χ0v) is 19.3. The Morgan fingerprint density at radius 3 is 2.58 bits per heavy atom. The van der Waals surface area contributed by atoms with E-state index in [1.807, 2.05) is 50.5 Å². The van der Waals surface area contributed by atoms with Crippen molar-refractivity contribution >= 4 is 17.3 Å². The molecule has 0 fully saturated rings. The number of nitrogen functional groups attached to an aromatic ring is 1. The molecule has 7 heteroatoms. The predicted octanol–water partition coefficient (Wildman–Crippen LogP) is 3.44. The van der Waals surface area contributed by atoms with Gasteiger partial charge in [0.05, 0.1) is 18.0 Å². The highest BCUT2D eigenvalue weighted by atomic mass is 16.5. The molecule has 0 saturated carbocycles. The van der Waals surface area contributed by atoms with E-state index in [0.29, 0.717) is 44.0 Å². The molecule has 1 amide bonds. The topological polar surface area (TPSA) is 97.7 Å². The van der Waals surface area contributed by atoms with E-state index in [2.05, 4.69) is 17.1 Å². The highest BCUT2D eigenvalue weighted by molar-refractivity contribution is 5.94. The molecular weight excluding hydrogens is 414 g/mol. The molecule has 1 aromatic heterocycles. The average molecular weight is 446 g/mol. The fourth-order valence-corrected chi connectivity index (χ4v) is 4.10. The standard InChI is InChI=1S/C26H31N5O2/c1-18-23-8-9-24(25(18)27)31(28)10-3-11-33-17-19-4-6-22(7-5-19)26(32)30(2)16-21-12-20(13-23)14-29-15-21/h4-9,12,14-15H,3,10-11,13,16-17,27-28H2,1-2H3. The molecule has 4 N–H and O–H groups in total. The van der Waals surface area contributed by atoms with Gasteiger partial charge in [-0.05, 0) is 65.8 Å². The first-order chi connectivity index (χ1) is 15.9. The number of rotatable bonds is 0. The van der Waals surface area contributed by atoms with Crippen LogP contribution in [0.5, 0.6) is 0 Å². The molecule has 0 unspecified atom stereocenters. The maximum absolute atomic E-state index is 12.9. The summed E-state index contributed by atoms with van der Waals surface area (Å²) in [5, 5.41) is 1.69. The van der Waals surface area contributed by atoms with E-state index < -0.39 is 0 Å². The molecule has 0 radical (unpaired) electrons. The lowest BCUT2D eigenvalue weighted by atomic mass is 9.98. The Morgan fingerprint density at radius 2 is 1.79 bits per heavy atom. The number of hydrogen-bond acceptors (Lipinski definition) is 6. The van der Waals surface area contributed by atoms with Gasteiger partial charge >= 0.3 is 0 Å². The lowest BCUT2D eigenvalue weighted by Gasteiger charge is -2.23. The van der Waals surface area contributed by atoms with Crippen LogP contribution >= 0.6 is 0 Å². The number of benzene rings is 2. The Bertz CT molecular complexity index is 1130. The van der Waals surface area contributed by atoms with Gasteiger partial charge in [-0.15, -0.1) is 0 Å². The second kappa shape index (κ2) is 10.0. The van der Waals surface area contributed by atoms with Crippen LogP contribution in [0.4, 0.5) is 11.4 Å². The molecular formula is C26H31N5O2. The minimum atomic E-state index is -0.0268. The van der Waals surface area contributed by atoms with E-state index in [0.717, 1.165) is 39.9 Å². The zero-order chi connectivity index (χ0) is 23.4. The number of hydrogen-bond donors (Lipinski definition) is 2. The zero-order valence-electron chi connectivity index (χ0n) is 19.3. The molecule has 7 rings (SSSR count). The minimum Gasteiger partial charge on any atom is -0.397 e. The lowest BCUT2D eigenvalue weighted by Crippen LogP contribution is -2.33. The van der Waals surface area contributed by atoms with Crippen LogP contribution in [0.1, 0.15) is 44.6 Å². The maximum Gasteiger partial charge on any atom is 0.253 e. The summed E-state index contributed by atoms with van der Waals surface area (Å²) in [6.45, 7) is 4.20. The van der Waals surface area contributed by atoms with Gasteiger partial charge in [0.15, 0.2) is 0 Å². The number of aromatic nitrogens is 1. The summed E-state index contributed by atoms with van der Waals surface area (Å²) in [7, 11) is 1.81. The molecule has 33 heavy (non-hydrogen) atoms. The molecule has 0 aliphatic carbocycles. The van der Waals surface area contributed by atoms with Crippen molar-refractivity contribution in [3.63, 3.8) is 0 Å². The summed E-state index contributed by atoms with van der Waals surface area (Å²) >= 11 is 0. The number of nitrogens with zero attached hydrogens (tertiary/aromatic N) is 3. The van der Waals surface area contributed by atoms with Crippen molar-refractivity contribution in [2.24, 2.45) is 5.84 Å². The van der Waals surface area contributed by atoms with Gasteiger partial charge in [0.25, 0.3) is 5.91 Å². The molecule has 4 aliphatic heterocycles. The van der Waals surface area contributed by atoms with Crippen molar-refractivity contribution in [2.75, 3.05) is 30.9 Å². The molecule has 5 heterocycles. The van der Waals surface area contributed by atoms with Gasteiger partial charge in [-0.1, -0.05) is 24.3 Å². The summed E-state index contributed by atoms with van der Waals surface area (Å²) in [5.41, 5.74) is 13.8. The summed E-state index contributed by atoms with van der Waals surface area (Å²) < 4.78 is 5.80. The van der Waals surface area contributed by atoms with Crippen molar-refractivity contribution in [1.82, 2.24) is 9.88 Å². The van der Waals surface area contributed by atoms with E-state index in [4.69, 9.17) is 16.3 Å². The summed E-state index contributed by atoms with van der Waals surface area (Å²) in [6, 6.07) is 13.7. The number of ether oxygens (including phenoxy) is 1. The number of carbonyl (C=O) groups is 1. The quantitative estimate of drug-likeness (QED) is 0.406. The predicted molar refractivity (Wildman–Crippen MR) is 131 cm³/mol. The number of amides is 1. The van der Waals surface area contributed by atoms with Crippen LogP contribution in [0.2, 0.25) is 0 Å². The second-order valence-corrected chi connectivity index (χ2v) is 8.62. The molecule has 0 saturated heterocycles. The van der Waals surface area contributed by atoms with Crippen molar-refractivity contribution in [1.29, 1.82) is 0 Å². The number of hydrazine groups is 1. The van der Waals surface area contributed by atoms with Crippen LogP contribution in [0.15, 0.2) is 54.9 Å². The highest BCUT2D eigenvalue weighted by Gasteiger charge is 2.15. The summed E-state index contributed by atoms with van der Waals surface area (Å²) in [4.78, 5) is 19.0. The molecule has 7 nitrogen and oxygen atoms in total. The lowest BCUT2D eigenvalue weighted by molar-refractivity contribution is 0.0784. The van der Waals surface area contributed by atoms with Gasteiger partial charge in [-0.2, -0.15) is 0 Å². The fourth-order valence-electron chi connectivity index (χ4n) is 4.10. The average Bonchev–Trinajstić information content (AvgIpc) is 2.81. The normalized spacial score (nSPS) is 15.5. The first-order valence-corrected chi connectivity index (χ1v) is 11.2. The van der Waals surface area contributed by atoms with Crippen LogP contribution in [-0.4, -0.2) is 36.0 Å². The van der Waals surface area contributed by atoms with Crippen molar-refractivity contribution < 1.29 is 9.53 Å². The highest BCUT2D eigenvalue weighted by Crippen LogP contribution is 2.29. The van der Waals surface area contributed by atoms with E-state index in [9.17, 15) is 4.79 Å². The van der Waals surface area contributed by atoms with Gasteiger partial charge in [0.2, 0.25) is 0 Å². The Morgan fingerprint density at radius 1 is 1.03 bits per heavy atom. The minimum absolute atomic E-state index is 0.0268. The SMILES string of the molecule is Cc1c2ccc(c1N)N(N)CCCOCc1ccc(cc1)C(=O)N(C)Cc1cncc(c1)C2. The third-order valence-electron chi connectivity index (χ3n) is 6.08. The third-order valence-corrected chi connectivity index (χ3v) is 6.08. The van der Waals surface area contributed by atoms with Gasteiger partial charge in [-0.25, -0.2) is 5.84 Å². The molecule has 3 aromatic rings. The Balaban J connectivity index is 1.64. The summed E-state index contributed by atoms with van der Waals surface area (Å²) in [5.74, 6) is 6.27. The van der Waals surface area contributed by atoms with E-state index in [-0.39, 0.29) is 5.91 Å². The fraction of sp³-hybridized carbons (Fsp3) is 0.308. The molecule has 6 bridgehead atoms. The van der Waals surface area contributed by atoms with Crippen LogP contribution in [0.25, 0.3) is 0 Å². The van der Waals surface area contributed by atoms with Gasteiger partial charge in [0.1, 0.15) is 0 Å². The largest absolute Gasteiger partial charge is 0.397 e. The first kappa shape index (κ1) is 22.8. The number of nitrogens with two attached hydrogens (primary N) is 2. The van der Waals surface area contributed by atoms with Crippen LogP contribution in [0.3, 0.4) is 0 Å². The Hall–Kier alpha value is -3.42.